The summed E-state index contributed by atoms with van der Waals surface area (Å²) in [5.74, 6) is -2.58. The molecule has 1 aliphatic heterocycles. The molecule has 1 aliphatic rings. The lowest BCUT2D eigenvalue weighted by atomic mass is 10.1. The molecule has 2 amide bonds. The van der Waals surface area contributed by atoms with Gasteiger partial charge in [0.15, 0.2) is 0 Å². The van der Waals surface area contributed by atoms with E-state index in [2.05, 4.69) is 70.3 Å². The van der Waals surface area contributed by atoms with Gasteiger partial charge in [0.1, 0.15) is 6.04 Å². The number of nitrogens with zero attached hydrogens (tertiary/aromatic N) is 1. The molecule has 1 atom stereocenters. The highest BCUT2D eigenvalue weighted by molar-refractivity contribution is 9.15. The first kappa shape index (κ1) is 17.8. The minimum absolute atomic E-state index is 0.0294. The predicted molar refractivity (Wildman–Crippen MR) is 94.0 cm³/mol. The molecule has 1 aromatic rings. The monoisotopic (exact) mass is 557 g/mol. The van der Waals surface area contributed by atoms with E-state index in [4.69, 9.17) is 0 Å². The summed E-state index contributed by atoms with van der Waals surface area (Å²) in [6.07, 6.45) is 1.33. The maximum atomic E-state index is 12.6. The molecule has 2 rings (SSSR count). The molecule has 116 valence electrons. The Hall–Kier alpha value is -0.510. The highest BCUT2D eigenvalue weighted by atomic mass is 79.9. The van der Waals surface area contributed by atoms with Gasteiger partial charge in [-0.05, 0) is 70.1 Å². The highest BCUT2D eigenvalue weighted by Gasteiger charge is 2.45. The first-order chi connectivity index (χ1) is 10.2. The van der Waals surface area contributed by atoms with Crippen LogP contribution in [0.5, 0.6) is 0 Å². The van der Waals surface area contributed by atoms with E-state index in [0.29, 0.717) is 17.9 Å². The van der Waals surface area contributed by atoms with E-state index in [0.717, 1.165) is 4.90 Å². The Labute approximate surface area is 159 Å². The molecule has 0 radical (unpaired) electrons. The van der Waals surface area contributed by atoms with E-state index >= 15 is 0 Å². The zero-order chi connectivity index (χ0) is 16.8. The van der Waals surface area contributed by atoms with Crippen molar-refractivity contribution in [1.82, 2.24) is 4.90 Å². The van der Waals surface area contributed by atoms with Gasteiger partial charge in [0.2, 0.25) is 0 Å². The van der Waals surface area contributed by atoms with Crippen LogP contribution in [0.1, 0.15) is 27.1 Å². The van der Waals surface area contributed by atoms with Crippen molar-refractivity contribution in [2.75, 3.05) is 0 Å². The number of carboxylic acid groups (broad SMARTS) is 1. The Morgan fingerprint density at radius 1 is 1.05 bits per heavy atom. The van der Waals surface area contributed by atoms with Crippen molar-refractivity contribution in [2.24, 2.45) is 0 Å². The van der Waals surface area contributed by atoms with E-state index in [1.165, 1.54) is 6.08 Å². The van der Waals surface area contributed by atoms with Crippen LogP contribution in [0.4, 0.5) is 0 Å². The number of rotatable bonds is 4. The zero-order valence-electron chi connectivity index (χ0n) is 10.7. The maximum Gasteiger partial charge on any atom is 0.327 e. The van der Waals surface area contributed by atoms with E-state index in [9.17, 15) is 19.5 Å². The predicted octanol–water partition coefficient (Wildman–Crippen LogP) is 4.36. The van der Waals surface area contributed by atoms with Gasteiger partial charge in [0.25, 0.3) is 11.8 Å². The molecule has 22 heavy (non-hydrogen) atoms. The van der Waals surface area contributed by atoms with Crippen LogP contribution in [0.3, 0.4) is 0 Å². The maximum absolute atomic E-state index is 12.6. The smallest absolute Gasteiger partial charge is 0.327 e. The lowest BCUT2D eigenvalue weighted by Crippen LogP contribution is -2.44. The molecular formula is C13H7Br4NO4. The molecule has 0 aromatic heterocycles. The topological polar surface area (TPSA) is 74.7 Å². The van der Waals surface area contributed by atoms with Gasteiger partial charge < -0.3 is 5.11 Å². The van der Waals surface area contributed by atoms with Crippen molar-refractivity contribution in [1.29, 1.82) is 0 Å². The highest BCUT2D eigenvalue weighted by Crippen LogP contribution is 2.45. The standard InChI is InChI=1S/C13H7Br4NO4/c1-2-3-4(13(21)22)18-11(19)5-6(12(18)20)8(15)10(17)9(16)7(5)14/h2,4H,1,3H2,(H,21,22). The van der Waals surface area contributed by atoms with Crippen LogP contribution in [0.15, 0.2) is 30.5 Å². The Morgan fingerprint density at radius 3 is 1.77 bits per heavy atom. The molecule has 0 saturated heterocycles. The second kappa shape index (κ2) is 6.54. The van der Waals surface area contributed by atoms with Gasteiger partial charge in [0, 0.05) is 17.9 Å². The number of hydrogen-bond donors (Lipinski definition) is 1. The third-order valence-corrected chi connectivity index (χ3v) is 7.89. The van der Waals surface area contributed by atoms with Crippen molar-refractivity contribution in [3.8, 4) is 0 Å². The van der Waals surface area contributed by atoms with Crippen molar-refractivity contribution >= 4 is 81.5 Å². The quantitative estimate of drug-likeness (QED) is 0.257. The molecule has 1 aromatic carbocycles. The molecule has 9 heteroatoms. The molecule has 1 N–H and O–H groups in total. The first-order valence-electron chi connectivity index (χ1n) is 5.81. The fourth-order valence-electron chi connectivity index (χ4n) is 2.12. The summed E-state index contributed by atoms with van der Waals surface area (Å²) in [6, 6.07) is -1.29. The molecule has 0 fully saturated rings. The van der Waals surface area contributed by atoms with Gasteiger partial charge in [-0.1, -0.05) is 6.08 Å². The molecule has 0 spiro atoms. The van der Waals surface area contributed by atoms with Gasteiger partial charge in [-0.3, -0.25) is 14.5 Å². The fraction of sp³-hybridized carbons (Fsp3) is 0.154. The summed E-state index contributed by atoms with van der Waals surface area (Å²) in [4.78, 5) is 37.3. The molecule has 0 bridgehead atoms. The molecule has 0 saturated carbocycles. The number of hydrogen-bond acceptors (Lipinski definition) is 3. The number of fused-ring (bicyclic) bond motifs is 1. The van der Waals surface area contributed by atoms with E-state index < -0.39 is 23.8 Å². The van der Waals surface area contributed by atoms with Crippen molar-refractivity contribution in [2.45, 2.75) is 12.5 Å². The van der Waals surface area contributed by atoms with Gasteiger partial charge >= 0.3 is 5.97 Å². The van der Waals surface area contributed by atoms with Gasteiger partial charge in [-0.15, -0.1) is 6.58 Å². The summed E-state index contributed by atoms with van der Waals surface area (Å²) in [7, 11) is 0. The van der Waals surface area contributed by atoms with Gasteiger partial charge in [0.05, 0.1) is 11.1 Å². The van der Waals surface area contributed by atoms with Crippen LogP contribution in [0.25, 0.3) is 0 Å². The van der Waals surface area contributed by atoms with Crippen LogP contribution < -0.4 is 0 Å². The number of amides is 2. The molecule has 0 aliphatic carbocycles. The summed E-state index contributed by atoms with van der Waals surface area (Å²) < 4.78 is 1.88. The van der Waals surface area contributed by atoms with E-state index in [1.54, 1.807) is 0 Å². The molecular weight excluding hydrogens is 554 g/mol. The minimum Gasteiger partial charge on any atom is -0.480 e. The van der Waals surface area contributed by atoms with Crippen LogP contribution >= 0.6 is 63.7 Å². The lowest BCUT2D eigenvalue weighted by molar-refractivity contribution is -0.141. The third kappa shape index (κ3) is 2.61. The second-order valence-electron chi connectivity index (χ2n) is 4.36. The number of carbonyl (C=O) groups is 3. The summed E-state index contributed by atoms with van der Waals surface area (Å²) in [6.45, 7) is 3.47. The normalized spacial score (nSPS) is 15.0. The number of aliphatic carboxylic acids is 1. The van der Waals surface area contributed by atoms with Crippen LogP contribution in [-0.2, 0) is 4.79 Å². The summed E-state index contributed by atoms with van der Waals surface area (Å²) in [5.41, 5.74) is 0.254. The van der Waals surface area contributed by atoms with Crippen molar-refractivity contribution in [3.63, 3.8) is 0 Å². The van der Waals surface area contributed by atoms with Crippen molar-refractivity contribution in [3.05, 3.63) is 41.7 Å². The first-order valence-corrected chi connectivity index (χ1v) is 8.98. The van der Waals surface area contributed by atoms with E-state index in [1.807, 2.05) is 0 Å². The molecule has 1 unspecified atom stereocenters. The van der Waals surface area contributed by atoms with Crippen LogP contribution in [-0.4, -0.2) is 33.8 Å². The van der Waals surface area contributed by atoms with Crippen LogP contribution in [0, 0.1) is 0 Å². The minimum atomic E-state index is -1.29. The third-order valence-electron chi connectivity index (χ3n) is 3.12. The summed E-state index contributed by atoms with van der Waals surface area (Å²) >= 11 is 13.2. The Kier molecular flexibility index (Phi) is 5.31. The van der Waals surface area contributed by atoms with Crippen molar-refractivity contribution < 1.29 is 19.5 Å². The van der Waals surface area contributed by atoms with Gasteiger partial charge in [-0.25, -0.2) is 4.79 Å². The Bertz CT molecular complexity index is 684. The molecule has 1 heterocycles. The SMILES string of the molecule is C=CCC(C(=O)O)N1C(=O)c2c(Br)c(Br)c(Br)c(Br)c2C1=O. The lowest BCUT2D eigenvalue weighted by Gasteiger charge is -2.21. The molecule has 5 nitrogen and oxygen atoms in total. The van der Waals surface area contributed by atoms with E-state index in [-0.39, 0.29) is 17.5 Å². The fourth-order valence-corrected chi connectivity index (χ4v) is 4.58. The summed E-state index contributed by atoms with van der Waals surface area (Å²) in [5, 5.41) is 9.29. The Morgan fingerprint density at radius 2 is 1.45 bits per heavy atom. The number of carbonyl (C=O) groups excluding carboxylic acids is 2. The number of benzene rings is 1. The number of carboxylic acids is 1. The zero-order valence-corrected chi connectivity index (χ0v) is 17.0. The number of halogens is 4. The van der Waals surface area contributed by atoms with Gasteiger partial charge in [-0.2, -0.15) is 0 Å². The number of imide groups is 1. The largest absolute Gasteiger partial charge is 0.480 e. The average Bonchev–Trinajstić information content (AvgIpc) is 2.72. The average molecular weight is 561 g/mol. The Balaban J connectivity index is 2.68. The second-order valence-corrected chi connectivity index (χ2v) is 7.54. The van der Waals surface area contributed by atoms with Crippen LogP contribution in [0.2, 0.25) is 0 Å².